The zero-order valence-corrected chi connectivity index (χ0v) is 44.5. The number of rotatable bonds is 8. The first-order valence-electron chi connectivity index (χ1n) is 21.8. The van der Waals surface area contributed by atoms with Gasteiger partial charge in [-0.15, -0.1) is 0 Å². The Hall–Kier alpha value is -4.96. The minimum atomic E-state index is -3.57. The van der Waals surface area contributed by atoms with Crippen LogP contribution in [0.2, 0.25) is 20.4 Å². The summed E-state index contributed by atoms with van der Waals surface area (Å²) in [5, 5.41) is 9.34. The lowest BCUT2D eigenvalue weighted by Gasteiger charge is -2.35. The third-order valence-corrected chi connectivity index (χ3v) is 13.4. The summed E-state index contributed by atoms with van der Waals surface area (Å²) in [7, 11) is -7.02. The van der Waals surface area contributed by atoms with Crippen LogP contribution in [0, 0.1) is 13.8 Å². The number of likely N-dealkylation sites (tertiary alicyclic amines) is 2. The van der Waals surface area contributed by atoms with Gasteiger partial charge < -0.3 is 9.64 Å². The molecule has 4 aromatic heterocycles. The molecule has 0 unspecified atom stereocenters. The van der Waals surface area contributed by atoms with E-state index in [-0.39, 0.29) is 46.6 Å². The second kappa shape index (κ2) is 22.2. The summed E-state index contributed by atoms with van der Waals surface area (Å²) in [4.78, 5) is 49.9. The SMILES string of the molecule is CS(=O)(=O)Nc1ccc(Cl)cc1C(=O)Cl.Cc1cc2nc([C@@H]3CCCCN3C(=O)OC(C)(C)C)cn2nc1Cl.Cc1cc2nc([C@@H]3CCCCN3C(=O)c3cc(Cl)ccc3NS(C)(=O)=O)cn2nc1Cl. The van der Waals surface area contributed by atoms with Crippen LogP contribution >= 0.6 is 58.0 Å². The lowest BCUT2D eigenvalue weighted by atomic mass is 9.98. The fourth-order valence-corrected chi connectivity index (χ4v) is 9.63. The summed E-state index contributed by atoms with van der Waals surface area (Å²) in [6, 6.07) is 12.0. The first kappa shape index (κ1) is 54.4. The lowest BCUT2D eigenvalue weighted by molar-refractivity contribution is 0.00902. The molecule has 2 atom stereocenters. The van der Waals surface area contributed by atoms with Gasteiger partial charge in [-0.25, -0.2) is 40.6 Å². The largest absolute Gasteiger partial charge is 0.444 e. The number of piperidine rings is 2. The van der Waals surface area contributed by atoms with Crippen molar-refractivity contribution < 1.29 is 36.0 Å². The summed E-state index contributed by atoms with van der Waals surface area (Å²) in [5.41, 5.74) is 4.65. The van der Waals surface area contributed by atoms with Crippen LogP contribution in [0.25, 0.3) is 11.3 Å². The lowest BCUT2D eigenvalue weighted by Crippen LogP contribution is -2.42. The molecule has 18 nitrogen and oxygen atoms in total. The van der Waals surface area contributed by atoms with E-state index in [0.29, 0.717) is 44.8 Å². The standard InChI is InChI=1S/C20H21Cl2N5O3S.C17H23ClN4O2.C8H7Cl2NO3S/c1-12-9-18-23-16(11-27(18)24-19(12)22)17-5-3-4-8-26(17)20(28)14-10-13(21)6-7-15(14)25-31(2,29)30;1-11-9-14-19-12(10-22(14)20-15(11)18)13-7-5-6-8-21(13)16(23)24-17(2,3)4;1-15(13,14)11-7-3-2-5(9)4-6(7)8(10)12/h6-7,9-11,17,25H,3-5,8H2,1-2H3;9-10,13H,5-8H2,1-4H3;2-4,11H,1H3/t17-;13-;/m00./s1. The Kier molecular flexibility index (Phi) is 17.3. The molecule has 25 heteroatoms. The van der Waals surface area contributed by atoms with E-state index < -0.39 is 30.9 Å². The van der Waals surface area contributed by atoms with Gasteiger partial charge in [0, 0.05) is 23.1 Å². The molecule has 0 bridgehead atoms. The molecule has 0 saturated carbocycles. The quantitative estimate of drug-likeness (QED) is 0.136. The maximum atomic E-state index is 13.5. The van der Waals surface area contributed by atoms with Gasteiger partial charge in [-0.05, 0) is 144 Å². The van der Waals surface area contributed by atoms with Gasteiger partial charge in [0.15, 0.2) is 21.6 Å². The molecule has 6 heterocycles. The maximum Gasteiger partial charge on any atom is 0.410 e. The molecule has 2 aliphatic rings. The van der Waals surface area contributed by atoms with Crippen LogP contribution in [0.4, 0.5) is 16.2 Å². The molecule has 0 radical (unpaired) electrons. The van der Waals surface area contributed by atoms with Crippen LogP contribution in [0.5, 0.6) is 0 Å². The highest BCUT2D eigenvalue weighted by molar-refractivity contribution is 7.92. The molecular formula is C45H51Cl5N10O8S2. The minimum Gasteiger partial charge on any atom is -0.444 e. The van der Waals surface area contributed by atoms with E-state index in [4.69, 9.17) is 62.7 Å². The Bertz CT molecular complexity index is 3100. The number of imidazole rings is 2. The fraction of sp³-hybridized carbons (Fsp3) is 0.400. The Morgan fingerprint density at radius 3 is 1.53 bits per heavy atom. The third kappa shape index (κ3) is 14.3. The molecule has 2 fully saturated rings. The summed E-state index contributed by atoms with van der Waals surface area (Å²) in [6.07, 6.45) is 10.8. The third-order valence-electron chi connectivity index (χ3n) is 10.8. The molecule has 2 N–H and O–H groups in total. The second-order valence-electron chi connectivity index (χ2n) is 17.8. The molecule has 2 saturated heterocycles. The first-order chi connectivity index (χ1) is 32.7. The smallest absolute Gasteiger partial charge is 0.410 e. The Labute approximate surface area is 431 Å². The van der Waals surface area contributed by atoms with Crippen molar-refractivity contribution in [3.8, 4) is 0 Å². The van der Waals surface area contributed by atoms with Crippen molar-refractivity contribution in [3.05, 3.63) is 115 Å². The van der Waals surface area contributed by atoms with Gasteiger partial charge in [0.2, 0.25) is 20.0 Å². The Morgan fingerprint density at radius 1 is 0.657 bits per heavy atom. The van der Waals surface area contributed by atoms with Crippen LogP contribution in [0.1, 0.15) is 115 Å². The summed E-state index contributed by atoms with van der Waals surface area (Å²) >= 11 is 29.3. The van der Waals surface area contributed by atoms with Crippen molar-refractivity contribution in [1.29, 1.82) is 0 Å². The predicted molar refractivity (Wildman–Crippen MR) is 273 cm³/mol. The molecular weight excluding hydrogens is 1050 g/mol. The number of ether oxygens (including phenoxy) is 1. The average Bonchev–Trinajstić information content (AvgIpc) is 3.87. The Morgan fingerprint density at radius 2 is 1.09 bits per heavy atom. The van der Waals surface area contributed by atoms with E-state index in [1.165, 1.54) is 30.3 Å². The Balaban J connectivity index is 0.000000183. The average molecular weight is 1100 g/mol. The van der Waals surface area contributed by atoms with E-state index in [2.05, 4.69) is 29.6 Å². The maximum absolute atomic E-state index is 13.5. The van der Waals surface area contributed by atoms with Crippen molar-refractivity contribution >= 4 is 118 Å². The first-order valence-corrected chi connectivity index (χ1v) is 27.4. The molecule has 2 aromatic carbocycles. The van der Waals surface area contributed by atoms with Gasteiger partial charge in [0.05, 0.1) is 70.9 Å². The molecule has 6 aromatic rings. The van der Waals surface area contributed by atoms with E-state index in [1.54, 1.807) is 31.1 Å². The number of halogens is 5. The number of anilines is 2. The monoisotopic (exact) mass is 1100 g/mol. The highest BCUT2D eigenvalue weighted by Gasteiger charge is 2.34. The number of nitrogens with one attached hydrogen (secondary N) is 2. The van der Waals surface area contributed by atoms with Crippen molar-refractivity contribution in [1.82, 2.24) is 39.0 Å². The van der Waals surface area contributed by atoms with Gasteiger partial charge in [-0.3, -0.25) is 23.9 Å². The van der Waals surface area contributed by atoms with Crippen LogP contribution < -0.4 is 9.44 Å². The van der Waals surface area contributed by atoms with Crippen LogP contribution in [-0.2, 0) is 24.8 Å². The number of fused-ring (bicyclic) bond motifs is 2. The summed E-state index contributed by atoms with van der Waals surface area (Å²) in [6.45, 7) is 10.6. The number of nitrogens with zero attached hydrogens (tertiary/aromatic N) is 8. The summed E-state index contributed by atoms with van der Waals surface area (Å²) in [5.74, 6) is -0.308. The summed E-state index contributed by atoms with van der Waals surface area (Å²) < 4.78 is 58.9. The molecule has 8 rings (SSSR count). The number of aryl methyl sites for hydroxylation is 2. The van der Waals surface area contributed by atoms with E-state index in [1.807, 2.05) is 52.9 Å². The van der Waals surface area contributed by atoms with Crippen LogP contribution in [0.15, 0.2) is 60.9 Å². The van der Waals surface area contributed by atoms with Crippen LogP contribution in [0.3, 0.4) is 0 Å². The topological polar surface area (TPSA) is 220 Å². The number of aromatic nitrogens is 6. The van der Waals surface area contributed by atoms with E-state index in [0.717, 1.165) is 73.5 Å². The number of carbonyl (C=O) groups excluding carboxylic acids is 3. The molecule has 0 spiro atoms. The normalized spacial score (nSPS) is 16.5. The molecule has 2 amide bonds. The molecule has 0 aliphatic carbocycles. The number of hydrogen-bond acceptors (Lipinski definition) is 12. The van der Waals surface area contributed by atoms with Crippen molar-refractivity contribution in [3.63, 3.8) is 0 Å². The molecule has 2 aliphatic heterocycles. The zero-order valence-electron chi connectivity index (χ0n) is 39.1. The van der Waals surface area contributed by atoms with Crippen molar-refractivity contribution in [2.45, 2.75) is 90.8 Å². The number of hydrogen-bond donors (Lipinski definition) is 2. The van der Waals surface area contributed by atoms with Gasteiger partial charge >= 0.3 is 6.09 Å². The number of sulfonamides is 2. The number of amides is 2. The van der Waals surface area contributed by atoms with Crippen molar-refractivity contribution in [2.75, 3.05) is 35.0 Å². The van der Waals surface area contributed by atoms with Gasteiger partial charge in [0.1, 0.15) is 5.60 Å². The zero-order chi connectivity index (χ0) is 51.5. The van der Waals surface area contributed by atoms with Crippen LogP contribution in [-0.4, -0.2) is 104 Å². The highest BCUT2D eigenvalue weighted by atomic mass is 35.5. The fourth-order valence-electron chi connectivity index (χ4n) is 7.70. The number of benzene rings is 2. The molecule has 376 valence electrons. The molecule has 70 heavy (non-hydrogen) atoms. The van der Waals surface area contributed by atoms with Gasteiger partial charge in [0.25, 0.3) is 11.1 Å². The minimum absolute atomic E-state index is 0.0228. The van der Waals surface area contributed by atoms with E-state index in [9.17, 15) is 31.2 Å². The van der Waals surface area contributed by atoms with E-state index >= 15 is 0 Å². The second-order valence-corrected chi connectivity index (χ2v) is 23.2. The van der Waals surface area contributed by atoms with Gasteiger partial charge in [-0.2, -0.15) is 10.2 Å². The predicted octanol–water partition coefficient (Wildman–Crippen LogP) is 10.3. The highest BCUT2D eigenvalue weighted by Crippen LogP contribution is 2.35. The number of carbonyl (C=O) groups is 3. The van der Waals surface area contributed by atoms with Gasteiger partial charge in [-0.1, -0.05) is 46.4 Å². The van der Waals surface area contributed by atoms with Crippen molar-refractivity contribution in [2.24, 2.45) is 0 Å².